The van der Waals surface area contributed by atoms with E-state index in [1.807, 2.05) is 60.7 Å². The van der Waals surface area contributed by atoms with Crippen molar-refractivity contribution in [2.45, 2.75) is 39.4 Å². The highest BCUT2D eigenvalue weighted by Crippen LogP contribution is 2.36. The number of nitrogens with one attached hydrogen (secondary N) is 1. The zero-order valence-electron chi connectivity index (χ0n) is 18.6. The van der Waals surface area contributed by atoms with Gasteiger partial charge in [0.1, 0.15) is 0 Å². The summed E-state index contributed by atoms with van der Waals surface area (Å²) in [6.45, 7) is 4.56. The molecule has 0 radical (unpaired) electrons. The third-order valence-corrected chi connectivity index (χ3v) is 5.67. The second-order valence-corrected chi connectivity index (χ2v) is 7.77. The first-order valence-corrected chi connectivity index (χ1v) is 10.9. The molecule has 1 N–H and O–H groups in total. The van der Waals surface area contributed by atoms with Crippen molar-refractivity contribution >= 4 is 17.8 Å². The Balaban J connectivity index is 1.93. The molecule has 1 heterocycles. The Bertz CT molecular complexity index is 898. The van der Waals surface area contributed by atoms with Gasteiger partial charge in [-0.2, -0.15) is 0 Å². The Kier molecular flexibility index (Phi) is 8.00. The Hall–Kier alpha value is -3.19. The largest absolute Gasteiger partial charge is 0.465 e. The first-order chi connectivity index (χ1) is 15.5. The van der Waals surface area contributed by atoms with Crippen LogP contribution in [0.25, 0.3) is 0 Å². The van der Waals surface area contributed by atoms with Crippen molar-refractivity contribution in [3.63, 3.8) is 0 Å². The van der Waals surface area contributed by atoms with Crippen LogP contribution in [0.3, 0.4) is 0 Å². The van der Waals surface area contributed by atoms with Crippen molar-refractivity contribution in [2.75, 3.05) is 19.8 Å². The molecule has 2 aromatic rings. The van der Waals surface area contributed by atoms with E-state index in [-0.39, 0.29) is 32.1 Å². The van der Waals surface area contributed by atoms with E-state index in [1.165, 1.54) is 0 Å². The van der Waals surface area contributed by atoms with Gasteiger partial charge in [0.05, 0.1) is 25.7 Å². The molecule has 0 aliphatic carbocycles. The fourth-order valence-corrected chi connectivity index (χ4v) is 4.02. The van der Waals surface area contributed by atoms with Crippen LogP contribution in [0.4, 0.5) is 0 Å². The van der Waals surface area contributed by atoms with Gasteiger partial charge in [-0.05, 0) is 25.0 Å². The molecule has 1 unspecified atom stereocenters. The number of piperidine rings is 1. The fraction of sp³-hybridized carbons (Fsp3) is 0.400. The average molecular weight is 439 g/mol. The molecule has 32 heavy (non-hydrogen) atoms. The minimum absolute atomic E-state index is 0.104. The summed E-state index contributed by atoms with van der Waals surface area (Å²) in [7, 11) is 0. The number of carbonyl (C=O) groups excluding carboxylic acids is 3. The van der Waals surface area contributed by atoms with Crippen LogP contribution in [0.1, 0.15) is 31.4 Å². The number of likely N-dealkylation sites (tertiary alicyclic amines) is 1. The molecule has 0 aromatic heterocycles. The molecule has 7 nitrogen and oxygen atoms in total. The summed E-state index contributed by atoms with van der Waals surface area (Å²) < 4.78 is 10.6. The van der Waals surface area contributed by atoms with Gasteiger partial charge in [-0.25, -0.2) is 0 Å². The van der Waals surface area contributed by atoms with Gasteiger partial charge in [-0.1, -0.05) is 60.7 Å². The van der Waals surface area contributed by atoms with Crippen molar-refractivity contribution < 1.29 is 23.9 Å². The lowest BCUT2D eigenvalue weighted by Gasteiger charge is -2.44. The van der Waals surface area contributed by atoms with E-state index in [0.29, 0.717) is 13.1 Å². The highest BCUT2D eigenvalue weighted by atomic mass is 16.6. The highest BCUT2D eigenvalue weighted by molar-refractivity contribution is 6.05. The number of esters is 2. The predicted molar refractivity (Wildman–Crippen MR) is 119 cm³/mol. The monoisotopic (exact) mass is 438 g/mol. The molecule has 3 rings (SSSR count). The first-order valence-electron chi connectivity index (χ1n) is 10.9. The molecular weight excluding hydrogens is 408 g/mol. The quantitative estimate of drug-likeness (QED) is 0.479. The number of amides is 1. The maximum Gasteiger partial charge on any atom is 0.325 e. The van der Waals surface area contributed by atoms with Crippen molar-refractivity contribution in [2.24, 2.45) is 5.41 Å². The summed E-state index contributed by atoms with van der Waals surface area (Å²) in [5.74, 6) is -1.74. The summed E-state index contributed by atoms with van der Waals surface area (Å²) in [6, 6.07) is 18.6. The minimum atomic E-state index is -1.73. The molecule has 0 spiro atoms. The van der Waals surface area contributed by atoms with Crippen LogP contribution in [0.15, 0.2) is 60.7 Å². The van der Waals surface area contributed by atoms with Crippen LogP contribution >= 0.6 is 0 Å². The SMILES string of the molecule is CCOC(=O)C1(C(=O)OCC)CC(=O)N(Cc2ccccc2)CC1NCc1ccccc1. The first kappa shape index (κ1) is 23.5. The van der Waals surface area contributed by atoms with Gasteiger partial charge in [0.2, 0.25) is 5.91 Å². The second kappa shape index (κ2) is 10.9. The molecule has 7 heteroatoms. The van der Waals surface area contributed by atoms with Crippen molar-refractivity contribution in [3.05, 3.63) is 71.8 Å². The van der Waals surface area contributed by atoms with E-state index in [4.69, 9.17) is 9.47 Å². The number of carbonyl (C=O) groups is 3. The number of nitrogens with zero attached hydrogens (tertiary/aromatic N) is 1. The number of hydrogen-bond acceptors (Lipinski definition) is 6. The van der Waals surface area contributed by atoms with E-state index in [1.54, 1.807) is 18.7 Å². The van der Waals surface area contributed by atoms with E-state index in [2.05, 4.69) is 5.32 Å². The van der Waals surface area contributed by atoms with Crippen LogP contribution in [-0.4, -0.2) is 48.5 Å². The molecule has 1 aliphatic heterocycles. The van der Waals surface area contributed by atoms with Gasteiger partial charge in [-0.15, -0.1) is 0 Å². The molecule has 1 fully saturated rings. The summed E-state index contributed by atoms with van der Waals surface area (Å²) in [5.41, 5.74) is 0.244. The number of rotatable bonds is 9. The predicted octanol–water partition coefficient (Wildman–Crippen LogP) is 2.69. The highest BCUT2D eigenvalue weighted by Gasteiger charge is 2.59. The van der Waals surface area contributed by atoms with Crippen molar-refractivity contribution in [3.8, 4) is 0 Å². The maximum atomic E-state index is 13.1. The van der Waals surface area contributed by atoms with E-state index >= 15 is 0 Å². The summed E-state index contributed by atoms with van der Waals surface area (Å²) in [4.78, 5) is 41.1. The lowest BCUT2D eigenvalue weighted by molar-refractivity contribution is -0.182. The summed E-state index contributed by atoms with van der Waals surface area (Å²) in [6.07, 6.45) is -0.302. The van der Waals surface area contributed by atoms with Gasteiger partial charge in [-0.3, -0.25) is 14.4 Å². The zero-order valence-corrected chi connectivity index (χ0v) is 18.6. The molecule has 0 saturated carbocycles. The van der Waals surface area contributed by atoms with Crippen LogP contribution < -0.4 is 5.32 Å². The fourth-order valence-electron chi connectivity index (χ4n) is 4.02. The van der Waals surface area contributed by atoms with Gasteiger partial charge in [0.15, 0.2) is 5.41 Å². The molecule has 1 amide bonds. The van der Waals surface area contributed by atoms with E-state index in [0.717, 1.165) is 11.1 Å². The van der Waals surface area contributed by atoms with Gasteiger partial charge >= 0.3 is 11.9 Å². The summed E-state index contributed by atoms with van der Waals surface area (Å²) >= 11 is 0. The standard InChI is InChI=1S/C25H30N2O5/c1-3-31-23(29)25(24(30)32-4-2)15-22(28)27(17-20-13-9-6-10-14-20)18-21(25)26-16-19-11-7-5-8-12-19/h5-14,21,26H,3-4,15-18H2,1-2H3. The summed E-state index contributed by atoms with van der Waals surface area (Å²) in [5, 5.41) is 3.35. The van der Waals surface area contributed by atoms with E-state index in [9.17, 15) is 14.4 Å². The van der Waals surface area contributed by atoms with Crippen LogP contribution in [-0.2, 0) is 36.9 Å². The second-order valence-electron chi connectivity index (χ2n) is 7.77. The minimum Gasteiger partial charge on any atom is -0.465 e. The molecule has 1 aliphatic rings. The van der Waals surface area contributed by atoms with Gasteiger partial charge < -0.3 is 19.7 Å². The van der Waals surface area contributed by atoms with E-state index < -0.39 is 23.4 Å². The van der Waals surface area contributed by atoms with Crippen molar-refractivity contribution in [1.29, 1.82) is 0 Å². The molecule has 2 aromatic carbocycles. The number of ether oxygens (including phenoxy) is 2. The average Bonchev–Trinajstić information content (AvgIpc) is 2.80. The van der Waals surface area contributed by atoms with Crippen LogP contribution in [0, 0.1) is 5.41 Å². The van der Waals surface area contributed by atoms with Crippen LogP contribution in [0.5, 0.6) is 0 Å². The lowest BCUT2D eigenvalue weighted by atomic mass is 9.73. The number of hydrogen-bond donors (Lipinski definition) is 1. The lowest BCUT2D eigenvalue weighted by Crippen LogP contribution is -2.65. The Morgan fingerprint density at radius 2 is 1.47 bits per heavy atom. The normalized spacial score (nSPS) is 17.6. The Morgan fingerprint density at radius 1 is 0.938 bits per heavy atom. The van der Waals surface area contributed by atoms with Gasteiger partial charge in [0.25, 0.3) is 0 Å². The number of benzene rings is 2. The maximum absolute atomic E-state index is 13.1. The topological polar surface area (TPSA) is 84.9 Å². The Labute approximate surface area is 188 Å². The third kappa shape index (κ3) is 5.16. The zero-order chi connectivity index (χ0) is 23.0. The van der Waals surface area contributed by atoms with Gasteiger partial charge in [0, 0.05) is 19.6 Å². The smallest absolute Gasteiger partial charge is 0.325 e. The van der Waals surface area contributed by atoms with Crippen LogP contribution in [0.2, 0.25) is 0 Å². The third-order valence-electron chi connectivity index (χ3n) is 5.67. The molecule has 1 saturated heterocycles. The van der Waals surface area contributed by atoms with Crippen molar-refractivity contribution in [1.82, 2.24) is 10.2 Å². The molecule has 0 bridgehead atoms. The molecule has 1 atom stereocenters. The molecule has 170 valence electrons. The molecular formula is C25H30N2O5. The Morgan fingerprint density at radius 3 is 2.00 bits per heavy atom.